The molecule has 0 bridgehead atoms. The Morgan fingerprint density at radius 1 is 1.32 bits per heavy atom. The fourth-order valence-electron chi connectivity index (χ4n) is 1.33. The maximum Gasteiger partial charge on any atom is 0.573 e. The summed E-state index contributed by atoms with van der Waals surface area (Å²) in [5.74, 6) is -2.18. The number of nitriles is 1. The Hall–Kier alpha value is -3.02. The van der Waals surface area contributed by atoms with Crippen molar-refractivity contribution in [2.24, 2.45) is 0 Å². The van der Waals surface area contributed by atoms with Gasteiger partial charge in [0.05, 0.1) is 5.69 Å². The summed E-state index contributed by atoms with van der Waals surface area (Å²) in [4.78, 5) is 22.2. The van der Waals surface area contributed by atoms with E-state index < -0.39 is 29.5 Å². The number of hydrogen-bond acceptors (Lipinski definition) is 5. The highest BCUT2D eigenvalue weighted by Crippen LogP contribution is 2.29. The van der Waals surface area contributed by atoms with Crippen molar-refractivity contribution >= 4 is 17.5 Å². The number of anilines is 1. The zero-order chi connectivity index (χ0) is 16.8. The maximum atomic E-state index is 12.2. The van der Waals surface area contributed by atoms with E-state index in [9.17, 15) is 22.8 Å². The Labute approximate surface area is 123 Å². The Kier molecular flexibility index (Phi) is 5.51. The SMILES string of the molecule is CC(=O)NC(=O)C(C#N)=CNc1ccccc1OC(F)(F)F. The van der Waals surface area contributed by atoms with Gasteiger partial charge in [0.2, 0.25) is 5.91 Å². The maximum absolute atomic E-state index is 12.2. The van der Waals surface area contributed by atoms with Gasteiger partial charge in [0.15, 0.2) is 5.75 Å². The molecule has 0 aliphatic carbocycles. The third kappa shape index (κ3) is 5.54. The van der Waals surface area contributed by atoms with Crippen LogP contribution in [0.3, 0.4) is 0 Å². The summed E-state index contributed by atoms with van der Waals surface area (Å²) >= 11 is 0. The molecule has 22 heavy (non-hydrogen) atoms. The summed E-state index contributed by atoms with van der Waals surface area (Å²) in [6, 6.07) is 6.59. The average molecular weight is 313 g/mol. The fraction of sp³-hybridized carbons (Fsp3) is 0.154. The Bertz CT molecular complexity index is 648. The minimum Gasteiger partial charge on any atom is -0.404 e. The van der Waals surface area contributed by atoms with Gasteiger partial charge in [0.25, 0.3) is 5.91 Å². The molecule has 0 aliphatic heterocycles. The smallest absolute Gasteiger partial charge is 0.404 e. The zero-order valence-electron chi connectivity index (χ0n) is 11.2. The molecule has 0 spiro atoms. The molecule has 1 aromatic carbocycles. The van der Waals surface area contributed by atoms with Crippen molar-refractivity contribution in [3.05, 3.63) is 36.0 Å². The molecule has 0 saturated carbocycles. The summed E-state index contributed by atoms with van der Waals surface area (Å²) in [6.45, 7) is 1.08. The first kappa shape index (κ1) is 17.0. The minimum absolute atomic E-state index is 0.108. The number of para-hydroxylation sites is 2. The molecule has 0 radical (unpaired) electrons. The molecule has 0 saturated heterocycles. The molecule has 1 rings (SSSR count). The number of benzene rings is 1. The van der Waals surface area contributed by atoms with E-state index in [0.29, 0.717) is 0 Å². The van der Waals surface area contributed by atoms with E-state index in [1.165, 1.54) is 24.3 Å². The molecular weight excluding hydrogens is 303 g/mol. The Morgan fingerprint density at radius 2 is 1.95 bits per heavy atom. The molecular formula is C13H10F3N3O3. The number of alkyl halides is 3. The lowest BCUT2D eigenvalue weighted by molar-refractivity contribution is -0.274. The van der Waals surface area contributed by atoms with Gasteiger partial charge in [-0.3, -0.25) is 14.9 Å². The van der Waals surface area contributed by atoms with Gasteiger partial charge in [-0.15, -0.1) is 13.2 Å². The van der Waals surface area contributed by atoms with Gasteiger partial charge in [-0.2, -0.15) is 5.26 Å². The predicted molar refractivity (Wildman–Crippen MR) is 69.3 cm³/mol. The van der Waals surface area contributed by atoms with Gasteiger partial charge in [-0.1, -0.05) is 12.1 Å². The molecule has 0 aliphatic rings. The third-order valence-electron chi connectivity index (χ3n) is 2.14. The van der Waals surface area contributed by atoms with Crippen LogP contribution in [0.25, 0.3) is 0 Å². The number of ether oxygens (including phenoxy) is 1. The molecule has 0 aromatic heterocycles. The number of halogens is 3. The third-order valence-corrected chi connectivity index (χ3v) is 2.14. The van der Waals surface area contributed by atoms with E-state index in [2.05, 4.69) is 10.1 Å². The van der Waals surface area contributed by atoms with Gasteiger partial charge in [0, 0.05) is 13.1 Å². The zero-order valence-corrected chi connectivity index (χ0v) is 11.2. The van der Waals surface area contributed by atoms with Crippen LogP contribution in [0.5, 0.6) is 5.75 Å². The van der Waals surface area contributed by atoms with Crippen molar-refractivity contribution in [1.82, 2.24) is 5.32 Å². The average Bonchev–Trinajstić information content (AvgIpc) is 2.38. The normalized spacial score (nSPS) is 11.3. The van der Waals surface area contributed by atoms with Crippen molar-refractivity contribution in [3.8, 4) is 11.8 Å². The topological polar surface area (TPSA) is 91.2 Å². The monoisotopic (exact) mass is 313 g/mol. The van der Waals surface area contributed by atoms with Crippen LogP contribution < -0.4 is 15.4 Å². The summed E-state index contributed by atoms with van der Waals surface area (Å²) in [7, 11) is 0. The quantitative estimate of drug-likeness (QED) is 0.656. The first-order chi connectivity index (χ1) is 10.2. The standard InChI is InChI=1S/C13H10F3N3O3/c1-8(20)19-12(21)9(6-17)7-18-10-4-2-3-5-11(10)22-13(14,15)16/h2-5,7,18H,1H3,(H,19,20,21). The molecule has 116 valence electrons. The Balaban J connectivity index is 2.95. The van der Waals surface area contributed by atoms with Crippen LogP contribution in [0.2, 0.25) is 0 Å². The number of hydrogen-bond donors (Lipinski definition) is 2. The van der Waals surface area contributed by atoms with Gasteiger partial charge in [0.1, 0.15) is 11.6 Å². The summed E-state index contributed by atoms with van der Waals surface area (Å²) in [5.41, 5.74) is -0.597. The summed E-state index contributed by atoms with van der Waals surface area (Å²) < 4.78 is 40.5. The molecule has 6 nitrogen and oxygen atoms in total. The van der Waals surface area contributed by atoms with E-state index in [0.717, 1.165) is 19.2 Å². The van der Waals surface area contributed by atoms with Gasteiger partial charge < -0.3 is 10.1 Å². The molecule has 2 N–H and O–H groups in total. The van der Waals surface area contributed by atoms with Gasteiger partial charge in [-0.25, -0.2) is 0 Å². The number of carbonyl (C=O) groups excluding carboxylic acids is 2. The number of nitrogens with zero attached hydrogens (tertiary/aromatic N) is 1. The lowest BCUT2D eigenvalue weighted by Gasteiger charge is -2.12. The van der Waals surface area contributed by atoms with Crippen LogP contribution in [0.4, 0.5) is 18.9 Å². The van der Waals surface area contributed by atoms with Crippen molar-refractivity contribution in [2.75, 3.05) is 5.32 Å². The fourth-order valence-corrected chi connectivity index (χ4v) is 1.33. The number of nitrogens with one attached hydrogen (secondary N) is 2. The highest BCUT2D eigenvalue weighted by Gasteiger charge is 2.32. The lowest BCUT2D eigenvalue weighted by atomic mass is 10.2. The van der Waals surface area contributed by atoms with Crippen LogP contribution in [0, 0.1) is 11.3 Å². The van der Waals surface area contributed by atoms with E-state index in [1.54, 1.807) is 0 Å². The van der Waals surface area contributed by atoms with E-state index >= 15 is 0 Å². The molecule has 0 unspecified atom stereocenters. The van der Waals surface area contributed by atoms with Crippen LogP contribution in [-0.4, -0.2) is 18.2 Å². The number of amides is 2. The molecule has 0 atom stereocenters. The highest BCUT2D eigenvalue weighted by atomic mass is 19.4. The van der Waals surface area contributed by atoms with Crippen LogP contribution >= 0.6 is 0 Å². The molecule has 0 fully saturated rings. The summed E-state index contributed by atoms with van der Waals surface area (Å²) in [6.07, 6.45) is -4.01. The Morgan fingerprint density at radius 3 is 2.50 bits per heavy atom. The second kappa shape index (κ2) is 7.12. The second-order valence-corrected chi connectivity index (χ2v) is 3.87. The van der Waals surface area contributed by atoms with Crippen LogP contribution in [-0.2, 0) is 9.59 Å². The second-order valence-electron chi connectivity index (χ2n) is 3.87. The first-order valence-corrected chi connectivity index (χ1v) is 5.76. The van der Waals surface area contributed by atoms with Crippen molar-refractivity contribution in [1.29, 1.82) is 5.26 Å². The van der Waals surface area contributed by atoms with E-state index in [4.69, 9.17) is 5.26 Å². The highest BCUT2D eigenvalue weighted by molar-refractivity contribution is 6.06. The summed E-state index contributed by atoms with van der Waals surface area (Å²) in [5, 5.41) is 13.0. The van der Waals surface area contributed by atoms with Gasteiger partial charge >= 0.3 is 6.36 Å². The van der Waals surface area contributed by atoms with E-state index in [1.807, 2.05) is 5.32 Å². The van der Waals surface area contributed by atoms with Crippen molar-refractivity contribution in [2.45, 2.75) is 13.3 Å². The van der Waals surface area contributed by atoms with E-state index in [-0.39, 0.29) is 5.69 Å². The molecule has 9 heteroatoms. The van der Waals surface area contributed by atoms with Crippen LogP contribution in [0.15, 0.2) is 36.0 Å². The first-order valence-electron chi connectivity index (χ1n) is 5.76. The van der Waals surface area contributed by atoms with Crippen LogP contribution in [0.1, 0.15) is 6.92 Å². The van der Waals surface area contributed by atoms with Crippen molar-refractivity contribution in [3.63, 3.8) is 0 Å². The molecule has 0 heterocycles. The molecule has 2 amide bonds. The lowest BCUT2D eigenvalue weighted by Crippen LogP contribution is -2.29. The molecule has 1 aromatic rings. The predicted octanol–water partition coefficient (Wildman–Crippen LogP) is 2.07. The number of carbonyl (C=O) groups is 2. The minimum atomic E-state index is -4.88. The number of rotatable bonds is 4. The number of imide groups is 1. The van der Waals surface area contributed by atoms with Gasteiger partial charge in [-0.05, 0) is 12.1 Å². The van der Waals surface area contributed by atoms with Crippen molar-refractivity contribution < 1.29 is 27.5 Å². The largest absolute Gasteiger partial charge is 0.573 e.